The number of hydrogen-bond acceptors (Lipinski definition) is 4. The second-order valence-electron chi connectivity index (χ2n) is 5.29. The summed E-state index contributed by atoms with van der Waals surface area (Å²) in [5.74, 6) is 1.40. The average molecular weight is 342 g/mol. The molecular weight excluding hydrogens is 326 g/mol. The Morgan fingerprint density at radius 2 is 2.00 bits per heavy atom. The van der Waals surface area contributed by atoms with Crippen LogP contribution in [0.15, 0.2) is 59.1 Å². The van der Waals surface area contributed by atoms with Crippen LogP contribution >= 0.6 is 11.6 Å². The normalized spacial score (nSPS) is 10.5. The van der Waals surface area contributed by atoms with Crippen LogP contribution in [0.3, 0.4) is 0 Å². The number of aromatic nitrogens is 1. The van der Waals surface area contributed by atoms with Gasteiger partial charge in [-0.05, 0) is 42.0 Å². The lowest BCUT2D eigenvalue weighted by Gasteiger charge is -2.05. The Labute approximate surface area is 144 Å². The standard InChI is InChI=1S/C18H16ClN3O2/c19-13-4-1-3-12(9-13)10-14-6-7-15(24-14)11-22-18(23)16-5-2-8-21-17(16)20/h1-9H,10-11H2,(H2,20,21)(H,22,23). The third-order valence-corrected chi connectivity index (χ3v) is 3.73. The number of nitrogens with zero attached hydrogens (tertiary/aromatic N) is 1. The van der Waals surface area contributed by atoms with E-state index in [4.69, 9.17) is 21.8 Å². The molecule has 5 nitrogen and oxygen atoms in total. The lowest BCUT2D eigenvalue weighted by Crippen LogP contribution is -2.23. The van der Waals surface area contributed by atoms with Gasteiger partial charge in [-0.25, -0.2) is 4.98 Å². The summed E-state index contributed by atoms with van der Waals surface area (Å²) in [6.45, 7) is 0.280. The number of nitrogens with one attached hydrogen (secondary N) is 1. The number of anilines is 1. The molecule has 1 amide bonds. The predicted molar refractivity (Wildman–Crippen MR) is 92.8 cm³/mol. The molecular formula is C18H16ClN3O2. The zero-order valence-corrected chi connectivity index (χ0v) is 13.6. The highest BCUT2D eigenvalue weighted by Gasteiger charge is 2.11. The minimum Gasteiger partial charge on any atom is -0.464 e. The van der Waals surface area contributed by atoms with E-state index in [1.165, 1.54) is 0 Å². The predicted octanol–water partition coefficient (Wildman–Crippen LogP) is 3.43. The van der Waals surface area contributed by atoms with Gasteiger partial charge in [-0.2, -0.15) is 0 Å². The monoisotopic (exact) mass is 341 g/mol. The molecule has 0 spiro atoms. The number of pyridine rings is 1. The van der Waals surface area contributed by atoms with Gasteiger partial charge in [-0.3, -0.25) is 4.79 Å². The van der Waals surface area contributed by atoms with Crippen molar-refractivity contribution in [3.05, 3.63) is 82.4 Å². The highest BCUT2D eigenvalue weighted by molar-refractivity contribution is 6.30. The van der Waals surface area contributed by atoms with E-state index in [0.29, 0.717) is 22.8 Å². The maximum absolute atomic E-state index is 12.1. The largest absolute Gasteiger partial charge is 0.464 e. The molecule has 24 heavy (non-hydrogen) atoms. The van der Waals surface area contributed by atoms with Gasteiger partial charge in [-0.1, -0.05) is 23.7 Å². The van der Waals surface area contributed by atoms with Crippen LogP contribution in [0.5, 0.6) is 0 Å². The molecule has 2 aromatic heterocycles. The number of benzene rings is 1. The van der Waals surface area contributed by atoms with E-state index in [1.807, 2.05) is 36.4 Å². The lowest BCUT2D eigenvalue weighted by molar-refractivity contribution is 0.0948. The third-order valence-electron chi connectivity index (χ3n) is 3.49. The minimum atomic E-state index is -0.284. The van der Waals surface area contributed by atoms with Crippen LogP contribution in [0.1, 0.15) is 27.4 Å². The Morgan fingerprint density at radius 1 is 1.17 bits per heavy atom. The molecule has 0 saturated carbocycles. The Hall–Kier alpha value is -2.79. The number of hydrogen-bond donors (Lipinski definition) is 2. The molecule has 0 aliphatic rings. The van der Waals surface area contributed by atoms with E-state index in [1.54, 1.807) is 18.3 Å². The quantitative estimate of drug-likeness (QED) is 0.745. The first-order valence-electron chi connectivity index (χ1n) is 7.42. The molecule has 1 aromatic carbocycles. The number of furan rings is 1. The number of rotatable bonds is 5. The third kappa shape index (κ3) is 3.94. The van der Waals surface area contributed by atoms with Crippen molar-refractivity contribution in [1.29, 1.82) is 0 Å². The van der Waals surface area contributed by atoms with E-state index >= 15 is 0 Å². The van der Waals surface area contributed by atoms with Crippen LogP contribution in [0.4, 0.5) is 5.82 Å². The van der Waals surface area contributed by atoms with Crippen molar-refractivity contribution < 1.29 is 9.21 Å². The number of amides is 1. The Balaban J connectivity index is 1.60. The molecule has 122 valence electrons. The Bertz CT molecular complexity index is 861. The van der Waals surface area contributed by atoms with Crippen molar-refractivity contribution >= 4 is 23.3 Å². The first kappa shape index (κ1) is 16.1. The summed E-state index contributed by atoms with van der Waals surface area (Å²) in [7, 11) is 0. The average Bonchev–Trinajstić information content (AvgIpc) is 3.00. The van der Waals surface area contributed by atoms with Gasteiger partial charge in [0, 0.05) is 17.6 Å². The van der Waals surface area contributed by atoms with Gasteiger partial charge in [0.15, 0.2) is 0 Å². The van der Waals surface area contributed by atoms with Gasteiger partial charge in [0.1, 0.15) is 17.3 Å². The first-order valence-corrected chi connectivity index (χ1v) is 7.80. The van der Waals surface area contributed by atoms with E-state index < -0.39 is 0 Å². The van der Waals surface area contributed by atoms with Gasteiger partial charge in [0.25, 0.3) is 5.91 Å². The molecule has 0 unspecified atom stereocenters. The summed E-state index contributed by atoms with van der Waals surface area (Å²) in [5, 5.41) is 3.46. The molecule has 0 aliphatic carbocycles. The number of nitrogens with two attached hydrogens (primary N) is 1. The van der Waals surface area contributed by atoms with Crippen LogP contribution in [0, 0.1) is 0 Å². The zero-order chi connectivity index (χ0) is 16.9. The number of carbonyl (C=O) groups excluding carboxylic acids is 1. The van der Waals surface area contributed by atoms with Crippen LogP contribution in [-0.2, 0) is 13.0 Å². The van der Waals surface area contributed by atoms with Crippen LogP contribution in [0.25, 0.3) is 0 Å². The fraction of sp³-hybridized carbons (Fsp3) is 0.111. The molecule has 3 aromatic rings. The molecule has 0 aliphatic heterocycles. The maximum Gasteiger partial charge on any atom is 0.255 e. The second kappa shape index (κ2) is 7.19. The van der Waals surface area contributed by atoms with E-state index in [0.717, 1.165) is 11.3 Å². The topological polar surface area (TPSA) is 81.1 Å². The van der Waals surface area contributed by atoms with E-state index in [9.17, 15) is 4.79 Å². The number of nitrogen functional groups attached to an aromatic ring is 1. The van der Waals surface area contributed by atoms with Gasteiger partial charge in [-0.15, -0.1) is 0 Å². The molecule has 3 N–H and O–H groups in total. The highest BCUT2D eigenvalue weighted by Crippen LogP contribution is 2.17. The smallest absolute Gasteiger partial charge is 0.255 e. The molecule has 6 heteroatoms. The highest BCUT2D eigenvalue weighted by atomic mass is 35.5. The van der Waals surface area contributed by atoms with Gasteiger partial charge in [0.2, 0.25) is 0 Å². The van der Waals surface area contributed by atoms with Gasteiger partial charge >= 0.3 is 0 Å². The molecule has 0 fully saturated rings. The summed E-state index contributed by atoms with van der Waals surface area (Å²) in [6, 6.07) is 14.6. The van der Waals surface area contributed by atoms with Crippen molar-refractivity contribution in [2.75, 3.05) is 5.73 Å². The molecule has 3 rings (SSSR count). The molecule has 0 atom stereocenters. The summed E-state index contributed by atoms with van der Waals surface area (Å²) >= 11 is 5.98. The van der Waals surface area contributed by atoms with Gasteiger partial charge < -0.3 is 15.5 Å². The van der Waals surface area contributed by atoms with Gasteiger partial charge in [0.05, 0.1) is 12.1 Å². The summed E-state index contributed by atoms with van der Waals surface area (Å²) in [6.07, 6.45) is 2.19. The number of halogens is 1. The molecule has 2 heterocycles. The van der Waals surface area contributed by atoms with Crippen LogP contribution in [0.2, 0.25) is 5.02 Å². The van der Waals surface area contributed by atoms with Crippen molar-refractivity contribution in [1.82, 2.24) is 10.3 Å². The van der Waals surface area contributed by atoms with E-state index in [2.05, 4.69) is 10.3 Å². The second-order valence-corrected chi connectivity index (χ2v) is 5.73. The SMILES string of the molecule is Nc1ncccc1C(=O)NCc1ccc(Cc2cccc(Cl)c2)o1. The maximum atomic E-state index is 12.1. The van der Waals surface area contributed by atoms with Crippen molar-refractivity contribution in [3.63, 3.8) is 0 Å². The fourth-order valence-corrected chi connectivity index (χ4v) is 2.55. The van der Waals surface area contributed by atoms with E-state index in [-0.39, 0.29) is 18.3 Å². The molecule has 0 bridgehead atoms. The fourth-order valence-electron chi connectivity index (χ4n) is 2.33. The first-order chi connectivity index (χ1) is 11.6. The Kier molecular flexibility index (Phi) is 4.82. The summed E-state index contributed by atoms with van der Waals surface area (Å²) in [5.41, 5.74) is 7.10. The summed E-state index contributed by atoms with van der Waals surface area (Å²) in [4.78, 5) is 16.0. The lowest BCUT2D eigenvalue weighted by atomic mass is 10.1. The molecule has 0 radical (unpaired) electrons. The van der Waals surface area contributed by atoms with Crippen molar-refractivity contribution in [2.24, 2.45) is 0 Å². The zero-order valence-electron chi connectivity index (χ0n) is 12.8. The number of carbonyl (C=O) groups is 1. The van der Waals surface area contributed by atoms with Crippen LogP contribution in [-0.4, -0.2) is 10.9 Å². The van der Waals surface area contributed by atoms with Crippen LogP contribution < -0.4 is 11.1 Å². The minimum absolute atomic E-state index is 0.205. The van der Waals surface area contributed by atoms with Crippen molar-refractivity contribution in [3.8, 4) is 0 Å². The molecule has 0 saturated heterocycles. The Morgan fingerprint density at radius 3 is 2.79 bits per heavy atom. The van der Waals surface area contributed by atoms with Crippen molar-refractivity contribution in [2.45, 2.75) is 13.0 Å². The summed E-state index contributed by atoms with van der Waals surface area (Å²) < 4.78 is 5.74.